The highest BCUT2D eigenvalue weighted by Gasteiger charge is 2.06. The summed E-state index contributed by atoms with van der Waals surface area (Å²) in [6.07, 6.45) is 0. The third kappa shape index (κ3) is 4.06. The van der Waals surface area contributed by atoms with Crippen LogP contribution in [0.25, 0.3) is 0 Å². The van der Waals surface area contributed by atoms with Crippen LogP contribution >= 0.6 is 11.8 Å². The summed E-state index contributed by atoms with van der Waals surface area (Å²) >= 11 is 1.73. The number of aryl methyl sites for hydroxylation is 2. The lowest BCUT2D eigenvalue weighted by Gasteiger charge is -2.08. The molecule has 0 aliphatic heterocycles. The minimum Gasteiger partial charge on any atom is -0.322 e. The van der Waals surface area contributed by atoms with Crippen LogP contribution in [0.15, 0.2) is 82.6 Å². The first-order valence-electron chi connectivity index (χ1n) is 7.83. The van der Waals surface area contributed by atoms with Gasteiger partial charge in [0, 0.05) is 21.0 Å². The standard InChI is InChI=1S/C21H19NOS/c1-15-8-13-20(16(2)14-15)24-19-11-9-18(10-12-19)22-21(23)17-6-4-3-5-7-17/h3-14H,1-2H3,(H,22,23). The molecule has 2 nitrogen and oxygen atoms in total. The van der Waals surface area contributed by atoms with Gasteiger partial charge in [-0.3, -0.25) is 4.79 Å². The first kappa shape index (κ1) is 16.3. The van der Waals surface area contributed by atoms with Crippen molar-refractivity contribution >= 4 is 23.4 Å². The zero-order chi connectivity index (χ0) is 16.9. The maximum absolute atomic E-state index is 12.2. The molecular formula is C21H19NOS. The van der Waals surface area contributed by atoms with E-state index in [1.807, 2.05) is 42.5 Å². The number of carbonyl (C=O) groups excluding carboxylic acids is 1. The van der Waals surface area contributed by atoms with Crippen LogP contribution in [0, 0.1) is 13.8 Å². The van der Waals surface area contributed by atoms with Gasteiger partial charge in [-0.25, -0.2) is 0 Å². The Bertz CT molecular complexity index is 841. The molecule has 0 heterocycles. The summed E-state index contributed by atoms with van der Waals surface area (Å²) in [6, 6.07) is 23.6. The van der Waals surface area contributed by atoms with Crippen LogP contribution in [0.3, 0.4) is 0 Å². The fourth-order valence-corrected chi connectivity index (χ4v) is 3.32. The van der Waals surface area contributed by atoms with Gasteiger partial charge in [-0.15, -0.1) is 0 Å². The van der Waals surface area contributed by atoms with Crippen LogP contribution in [-0.2, 0) is 0 Å². The van der Waals surface area contributed by atoms with Crippen LogP contribution < -0.4 is 5.32 Å². The molecule has 1 amide bonds. The molecule has 3 aromatic carbocycles. The molecule has 0 aliphatic carbocycles. The Morgan fingerprint density at radius 3 is 2.25 bits per heavy atom. The summed E-state index contributed by atoms with van der Waals surface area (Å²) < 4.78 is 0. The van der Waals surface area contributed by atoms with E-state index < -0.39 is 0 Å². The van der Waals surface area contributed by atoms with E-state index in [4.69, 9.17) is 0 Å². The molecule has 0 saturated carbocycles. The molecule has 120 valence electrons. The molecule has 24 heavy (non-hydrogen) atoms. The van der Waals surface area contributed by atoms with Crippen molar-refractivity contribution in [3.05, 3.63) is 89.5 Å². The maximum atomic E-state index is 12.2. The van der Waals surface area contributed by atoms with Gasteiger partial charge in [-0.2, -0.15) is 0 Å². The van der Waals surface area contributed by atoms with Crippen molar-refractivity contribution < 1.29 is 4.79 Å². The minimum atomic E-state index is -0.0922. The molecule has 1 N–H and O–H groups in total. The second-order valence-corrected chi connectivity index (χ2v) is 6.83. The first-order valence-corrected chi connectivity index (χ1v) is 8.65. The molecule has 0 aromatic heterocycles. The number of carbonyl (C=O) groups is 1. The summed E-state index contributed by atoms with van der Waals surface area (Å²) in [6.45, 7) is 4.23. The summed E-state index contributed by atoms with van der Waals surface area (Å²) in [7, 11) is 0. The highest BCUT2D eigenvalue weighted by Crippen LogP contribution is 2.31. The van der Waals surface area contributed by atoms with Crippen molar-refractivity contribution in [2.24, 2.45) is 0 Å². The molecule has 3 heteroatoms. The van der Waals surface area contributed by atoms with Gasteiger partial charge in [-0.05, 0) is 61.9 Å². The van der Waals surface area contributed by atoms with Gasteiger partial charge in [0.15, 0.2) is 0 Å². The molecule has 0 radical (unpaired) electrons. The zero-order valence-electron chi connectivity index (χ0n) is 13.7. The molecule has 3 aromatic rings. The van der Waals surface area contributed by atoms with E-state index in [2.05, 4.69) is 37.4 Å². The van der Waals surface area contributed by atoms with Gasteiger partial charge in [-0.1, -0.05) is 47.7 Å². The van der Waals surface area contributed by atoms with Crippen molar-refractivity contribution in [3.63, 3.8) is 0 Å². The fraction of sp³-hybridized carbons (Fsp3) is 0.0952. The van der Waals surface area contributed by atoms with Gasteiger partial charge < -0.3 is 5.32 Å². The fourth-order valence-electron chi connectivity index (χ4n) is 2.44. The Morgan fingerprint density at radius 1 is 0.875 bits per heavy atom. The third-order valence-electron chi connectivity index (χ3n) is 3.71. The predicted molar refractivity (Wildman–Crippen MR) is 101 cm³/mol. The van der Waals surface area contributed by atoms with E-state index in [-0.39, 0.29) is 5.91 Å². The highest BCUT2D eigenvalue weighted by atomic mass is 32.2. The number of anilines is 1. The number of benzene rings is 3. The van der Waals surface area contributed by atoms with Crippen molar-refractivity contribution in [3.8, 4) is 0 Å². The molecule has 0 saturated heterocycles. The van der Waals surface area contributed by atoms with Gasteiger partial charge in [0.05, 0.1) is 0 Å². The van der Waals surface area contributed by atoms with Gasteiger partial charge in [0.1, 0.15) is 0 Å². The molecule has 0 spiro atoms. The Labute approximate surface area is 146 Å². The highest BCUT2D eigenvalue weighted by molar-refractivity contribution is 7.99. The van der Waals surface area contributed by atoms with Crippen molar-refractivity contribution in [1.82, 2.24) is 0 Å². The molecule has 0 aliphatic rings. The maximum Gasteiger partial charge on any atom is 0.255 e. The summed E-state index contributed by atoms with van der Waals surface area (Å²) in [4.78, 5) is 14.6. The van der Waals surface area contributed by atoms with E-state index >= 15 is 0 Å². The molecule has 0 unspecified atom stereocenters. The Hall–Kier alpha value is -2.52. The molecule has 0 atom stereocenters. The summed E-state index contributed by atoms with van der Waals surface area (Å²) in [5.74, 6) is -0.0922. The Balaban J connectivity index is 1.68. The monoisotopic (exact) mass is 333 g/mol. The molecular weight excluding hydrogens is 314 g/mol. The van der Waals surface area contributed by atoms with Crippen LogP contribution in [-0.4, -0.2) is 5.91 Å². The van der Waals surface area contributed by atoms with E-state index in [0.29, 0.717) is 5.56 Å². The SMILES string of the molecule is Cc1ccc(Sc2ccc(NC(=O)c3ccccc3)cc2)c(C)c1. The largest absolute Gasteiger partial charge is 0.322 e. The number of nitrogens with one attached hydrogen (secondary N) is 1. The zero-order valence-corrected chi connectivity index (χ0v) is 14.6. The normalized spacial score (nSPS) is 10.4. The second kappa shape index (κ2) is 7.37. The van der Waals surface area contributed by atoms with Crippen molar-refractivity contribution in [2.75, 3.05) is 5.32 Å². The molecule has 3 rings (SSSR count). The first-order chi connectivity index (χ1) is 11.6. The second-order valence-electron chi connectivity index (χ2n) is 5.72. The molecule has 0 fully saturated rings. The van der Waals surface area contributed by atoms with Crippen LogP contribution in [0.2, 0.25) is 0 Å². The predicted octanol–water partition coefficient (Wildman–Crippen LogP) is 5.71. The Morgan fingerprint density at radius 2 is 1.58 bits per heavy atom. The number of hydrogen-bond acceptors (Lipinski definition) is 2. The third-order valence-corrected chi connectivity index (χ3v) is 4.89. The minimum absolute atomic E-state index is 0.0922. The smallest absolute Gasteiger partial charge is 0.255 e. The van der Waals surface area contributed by atoms with E-state index in [9.17, 15) is 4.79 Å². The van der Waals surface area contributed by atoms with E-state index in [1.165, 1.54) is 16.0 Å². The lowest BCUT2D eigenvalue weighted by molar-refractivity contribution is 0.102. The quantitative estimate of drug-likeness (QED) is 0.663. The molecule has 0 bridgehead atoms. The van der Waals surface area contributed by atoms with Gasteiger partial charge in [0.2, 0.25) is 0 Å². The lowest BCUT2D eigenvalue weighted by atomic mass is 10.2. The van der Waals surface area contributed by atoms with Crippen LogP contribution in [0.5, 0.6) is 0 Å². The lowest BCUT2D eigenvalue weighted by Crippen LogP contribution is -2.11. The topological polar surface area (TPSA) is 29.1 Å². The number of amides is 1. The Kier molecular flexibility index (Phi) is 5.02. The van der Waals surface area contributed by atoms with Gasteiger partial charge >= 0.3 is 0 Å². The average Bonchev–Trinajstić information content (AvgIpc) is 2.60. The number of hydrogen-bond donors (Lipinski definition) is 1. The van der Waals surface area contributed by atoms with E-state index in [1.54, 1.807) is 23.9 Å². The average molecular weight is 333 g/mol. The van der Waals surface area contributed by atoms with Gasteiger partial charge in [0.25, 0.3) is 5.91 Å². The summed E-state index contributed by atoms with van der Waals surface area (Å²) in [5.41, 5.74) is 4.01. The van der Waals surface area contributed by atoms with E-state index in [0.717, 1.165) is 10.6 Å². The number of rotatable bonds is 4. The van der Waals surface area contributed by atoms with Crippen LogP contribution in [0.4, 0.5) is 5.69 Å². The van der Waals surface area contributed by atoms with Crippen LogP contribution in [0.1, 0.15) is 21.5 Å². The van der Waals surface area contributed by atoms with Crippen molar-refractivity contribution in [2.45, 2.75) is 23.6 Å². The van der Waals surface area contributed by atoms with Crippen molar-refractivity contribution in [1.29, 1.82) is 0 Å². The summed E-state index contributed by atoms with van der Waals surface area (Å²) in [5, 5.41) is 2.92.